The Hall–Kier alpha value is -2.67. The molecule has 4 rings (SSSR count). The van der Waals surface area contributed by atoms with Gasteiger partial charge in [0.25, 0.3) is 0 Å². The van der Waals surface area contributed by atoms with E-state index in [1.165, 1.54) is 11.8 Å². The van der Waals surface area contributed by atoms with Gasteiger partial charge in [0.15, 0.2) is 0 Å². The number of hydrogen-bond acceptors (Lipinski definition) is 5. The van der Waals surface area contributed by atoms with Gasteiger partial charge < -0.3 is 19.9 Å². The summed E-state index contributed by atoms with van der Waals surface area (Å²) in [6, 6.07) is 15.7. The van der Waals surface area contributed by atoms with Crippen LogP contribution in [0, 0.1) is 0 Å². The number of carbonyl (C=O) groups is 2. The first-order valence-corrected chi connectivity index (χ1v) is 10.7. The van der Waals surface area contributed by atoms with E-state index in [9.17, 15) is 9.59 Å². The molecule has 2 amide bonds. The van der Waals surface area contributed by atoms with Gasteiger partial charge in [0.05, 0.1) is 29.7 Å². The van der Waals surface area contributed by atoms with Gasteiger partial charge in [-0.2, -0.15) is 0 Å². The van der Waals surface area contributed by atoms with Gasteiger partial charge in [0.2, 0.25) is 11.8 Å². The van der Waals surface area contributed by atoms with Crippen molar-refractivity contribution in [1.82, 2.24) is 4.90 Å². The number of ether oxygens (including phenoxy) is 1. The number of thioether (sulfide) groups is 1. The molecule has 29 heavy (non-hydrogen) atoms. The maximum absolute atomic E-state index is 12.8. The van der Waals surface area contributed by atoms with Gasteiger partial charge >= 0.3 is 0 Å². The van der Waals surface area contributed by atoms with Gasteiger partial charge in [-0.05, 0) is 31.2 Å². The SMILES string of the molecule is CCN1C[C@H](CN(C)C(=O)C[C@H]2Sc3ccccc3NC2=O)Oc2ccccc21. The minimum absolute atomic E-state index is 0.0532. The molecular weight excluding hydrogens is 386 g/mol. The highest BCUT2D eigenvalue weighted by molar-refractivity contribution is 8.01. The third kappa shape index (κ3) is 4.19. The van der Waals surface area contributed by atoms with E-state index >= 15 is 0 Å². The van der Waals surface area contributed by atoms with Crippen molar-refractivity contribution in [1.29, 1.82) is 0 Å². The Morgan fingerprint density at radius 3 is 2.83 bits per heavy atom. The summed E-state index contributed by atoms with van der Waals surface area (Å²) in [6.45, 7) is 4.22. The Labute approximate surface area is 175 Å². The molecule has 0 fully saturated rings. The van der Waals surface area contributed by atoms with Crippen LogP contribution in [0.15, 0.2) is 53.4 Å². The first-order chi connectivity index (χ1) is 14.0. The Kier molecular flexibility index (Phi) is 5.67. The zero-order chi connectivity index (χ0) is 20.4. The minimum Gasteiger partial charge on any atom is -0.485 e. The predicted octanol–water partition coefficient (Wildman–Crippen LogP) is 3.24. The monoisotopic (exact) mass is 411 g/mol. The van der Waals surface area contributed by atoms with Crippen molar-refractivity contribution in [3.63, 3.8) is 0 Å². The summed E-state index contributed by atoms with van der Waals surface area (Å²) in [5, 5.41) is 2.48. The van der Waals surface area contributed by atoms with E-state index < -0.39 is 5.25 Å². The van der Waals surface area contributed by atoms with Crippen molar-refractivity contribution in [3.05, 3.63) is 48.5 Å². The molecule has 2 heterocycles. The van der Waals surface area contributed by atoms with Gasteiger partial charge in [0, 0.05) is 24.9 Å². The maximum atomic E-state index is 12.8. The summed E-state index contributed by atoms with van der Waals surface area (Å²) in [4.78, 5) is 30.1. The summed E-state index contributed by atoms with van der Waals surface area (Å²) in [5.74, 6) is 0.684. The second-order valence-corrected chi connectivity index (χ2v) is 8.56. The fourth-order valence-electron chi connectivity index (χ4n) is 3.72. The van der Waals surface area contributed by atoms with E-state index in [1.807, 2.05) is 42.5 Å². The zero-order valence-corrected chi connectivity index (χ0v) is 17.4. The van der Waals surface area contributed by atoms with Gasteiger partial charge in [-0.25, -0.2) is 0 Å². The first kappa shape index (κ1) is 19.6. The molecule has 2 aromatic rings. The van der Waals surface area contributed by atoms with Gasteiger partial charge in [-0.15, -0.1) is 11.8 Å². The van der Waals surface area contributed by atoms with Crippen molar-refractivity contribution < 1.29 is 14.3 Å². The second kappa shape index (κ2) is 8.37. The van der Waals surface area contributed by atoms with E-state index in [1.54, 1.807) is 11.9 Å². The van der Waals surface area contributed by atoms with Crippen LogP contribution in [0.5, 0.6) is 5.75 Å². The Balaban J connectivity index is 1.37. The lowest BCUT2D eigenvalue weighted by Crippen LogP contribution is -2.47. The van der Waals surface area contributed by atoms with Crippen LogP contribution >= 0.6 is 11.8 Å². The summed E-state index contributed by atoms with van der Waals surface area (Å²) in [5.41, 5.74) is 1.91. The van der Waals surface area contributed by atoms with Crippen molar-refractivity contribution >= 4 is 35.0 Å². The molecule has 152 valence electrons. The Bertz CT molecular complexity index is 920. The van der Waals surface area contributed by atoms with Crippen LogP contribution in [-0.4, -0.2) is 54.8 Å². The summed E-state index contributed by atoms with van der Waals surface area (Å²) < 4.78 is 6.12. The zero-order valence-electron chi connectivity index (χ0n) is 16.6. The number of anilines is 2. The Morgan fingerprint density at radius 2 is 2.00 bits per heavy atom. The average molecular weight is 412 g/mol. The first-order valence-electron chi connectivity index (χ1n) is 9.86. The largest absolute Gasteiger partial charge is 0.485 e. The Morgan fingerprint density at radius 1 is 1.24 bits per heavy atom. The molecule has 0 radical (unpaired) electrons. The molecular formula is C22H25N3O3S. The van der Waals surface area contributed by atoms with Crippen LogP contribution in [0.2, 0.25) is 0 Å². The standard InChI is InChI=1S/C22H25N3O3S/c1-3-25-14-15(28-18-10-6-5-9-17(18)25)13-24(2)21(26)12-20-22(27)23-16-8-4-7-11-19(16)29-20/h4-11,15,20H,3,12-14H2,1-2H3,(H,23,27)/t15-,20+/m0/s1. The van der Waals surface area contributed by atoms with E-state index in [4.69, 9.17) is 4.74 Å². The highest BCUT2D eigenvalue weighted by atomic mass is 32.2. The van der Waals surface area contributed by atoms with E-state index in [-0.39, 0.29) is 24.3 Å². The molecule has 2 atom stereocenters. The minimum atomic E-state index is -0.417. The molecule has 2 aliphatic rings. The highest BCUT2D eigenvalue weighted by Gasteiger charge is 2.31. The van der Waals surface area contributed by atoms with E-state index in [2.05, 4.69) is 23.2 Å². The number of likely N-dealkylation sites (N-methyl/N-ethyl adjacent to an activating group) is 2. The molecule has 0 bridgehead atoms. The maximum Gasteiger partial charge on any atom is 0.238 e. The molecule has 0 aliphatic carbocycles. The molecule has 0 aromatic heterocycles. The van der Waals surface area contributed by atoms with Crippen molar-refractivity contribution in [2.24, 2.45) is 0 Å². The van der Waals surface area contributed by atoms with Crippen molar-refractivity contribution in [3.8, 4) is 5.75 Å². The van der Waals surface area contributed by atoms with Gasteiger partial charge in [-0.1, -0.05) is 24.3 Å². The molecule has 0 saturated carbocycles. The molecule has 2 aliphatic heterocycles. The number of fused-ring (bicyclic) bond motifs is 2. The molecule has 0 spiro atoms. The van der Waals surface area contributed by atoms with Crippen molar-refractivity contribution in [2.75, 3.05) is 36.9 Å². The van der Waals surface area contributed by atoms with Crippen LogP contribution in [0.1, 0.15) is 13.3 Å². The third-order valence-corrected chi connectivity index (χ3v) is 6.55. The lowest BCUT2D eigenvalue weighted by molar-refractivity contribution is -0.132. The van der Waals surface area contributed by atoms with Crippen LogP contribution in [0.25, 0.3) is 0 Å². The fraction of sp³-hybridized carbons (Fsp3) is 0.364. The summed E-state index contributed by atoms with van der Waals surface area (Å²) >= 11 is 1.45. The van der Waals surface area contributed by atoms with Gasteiger partial charge in [0.1, 0.15) is 11.9 Å². The van der Waals surface area contributed by atoms with E-state index in [0.717, 1.165) is 35.1 Å². The van der Waals surface area contributed by atoms with Crippen LogP contribution in [0.3, 0.4) is 0 Å². The molecule has 6 nitrogen and oxygen atoms in total. The number of carbonyl (C=O) groups excluding carboxylic acids is 2. The fourth-order valence-corrected chi connectivity index (χ4v) is 4.82. The smallest absolute Gasteiger partial charge is 0.238 e. The summed E-state index contributed by atoms with van der Waals surface area (Å²) in [6.07, 6.45) is 0.0645. The van der Waals surface area contributed by atoms with Crippen molar-refractivity contribution in [2.45, 2.75) is 29.6 Å². The molecule has 7 heteroatoms. The number of para-hydroxylation sites is 3. The van der Waals surface area contributed by atoms with Crippen LogP contribution in [-0.2, 0) is 9.59 Å². The average Bonchev–Trinajstić information content (AvgIpc) is 2.73. The normalized spacial score (nSPS) is 20.2. The topological polar surface area (TPSA) is 61.9 Å². The number of nitrogens with one attached hydrogen (secondary N) is 1. The number of hydrogen-bond donors (Lipinski definition) is 1. The quantitative estimate of drug-likeness (QED) is 0.819. The lowest BCUT2D eigenvalue weighted by atomic mass is 10.1. The third-order valence-electron chi connectivity index (χ3n) is 5.28. The van der Waals surface area contributed by atoms with Gasteiger partial charge in [-0.3, -0.25) is 9.59 Å². The number of rotatable bonds is 5. The van der Waals surface area contributed by atoms with E-state index in [0.29, 0.717) is 6.54 Å². The molecule has 1 N–H and O–H groups in total. The number of nitrogens with zero attached hydrogens (tertiary/aromatic N) is 2. The molecule has 0 unspecified atom stereocenters. The lowest BCUT2D eigenvalue weighted by Gasteiger charge is -2.37. The number of amides is 2. The molecule has 0 saturated heterocycles. The van der Waals surface area contributed by atoms with Crippen LogP contribution in [0.4, 0.5) is 11.4 Å². The highest BCUT2D eigenvalue weighted by Crippen LogP contribution is 2.37. The summed E-state index contributed by atoms with van der Waals surface area (Å²) in [7, 11) is 1.78. The number of benzene rings is 2. The van der Waals surface area contributed by atoms with Crippen LogP contribution < -0.4 is 15.0 Å². The second-order valence-electron chi connectivity index (χ2n) is 7.32. The predicted molar refractivity (Wildman–Crippen MR) is 116 cm³/mol. The molecule has 2 aromatic carbocycles.